The first-order valence-corrected chi connectivity index (χ1v) is 6.51. The molecule has 1 unspecified atom stereocenters. The van der Waals surface area contributed by atoms with Gasteiger partial charge in [0.25, 0.3) is 0 Å². The second-order valence-electron chi connectivity index (χ2n) is 3.62. The van der Waals surface area contributed by atoms with Gasteiger partial charge in [0.15, 0.2) is 0 Å². The molecule has 1 amide bonds. The molecule has 1 aliphatic rings. The van der Waals surface area contributed by atoms with E-state index in [0.717, 1.165) is 0 Å². The number of aliphatic hydroxyl groups excluding tert-OH is 1. The summed E-state index contributed by atoms with van der Waals surface area (Å²) >= 11 is 0. The summed E-state index contributed by atoms with van der Waals surface area (Å²) in [5.41, 5.74) is 4.80. The van der Waals surface area contributed by atoms with Crippen LogP contribution in [0.1, 0.15) is 12.8 Å². The topological polar surface area (TPSA) is 119 Å². The number of nitrogens with one attached hydrogen (secondary N) is 1. The van der Waals surface area contributed by atoms with Gasteiger partial charge in [-0.25, -0.2) is 13.1 Å². The van der Waals surface area contributed by atoms with Gasteiger partial charge in [0, 0.05) is 19.8 Å². The molecule has 0 spiro atoms. The summed E-state index contributed by atoms with van der Waals surface area (Å²) in [7, 11) is -3.51. The van der Waals surface area contributed by atoms with E-state index in [1.807, 2.05) is 0 Å². The Morgan fingerprint density at radius 1 is 1.50 bits per heavy atom. The molecule has 1 rings (SSSR count). The summed E-state index contributed by atoms with van der Waals surface area (Å²) < 4.78 is 30.6. The Hall–Kier alpha value is -0.700. The molecular formula is C8H16N2O5S. The molecule has 94 valence electrons. The molecule has 7 nitrogen and oxygen atoms in total. The van der Waals surface area contributed by atoms with Crippen molar-refractivity contribution in [2.24, 2.45) is 5.73 Å². The van der Waals surface area contributed by atoms with Crippen LogP contribution in [0.25, 0.3) is 0 Å². The average molecular weight is 252 g/mol. The molecular weight excluding hydrogens is 236 g/mol. The number of hydrogen-bond acceptors (Lipinski definition) is 5. The van der Waals surface area contributed by atoms with Crippen LogP contribution in [0.5, 0.6) is 0 Å². The monoisotopic (exact) mass is 252 g/mol. The van der Waals surface area contributed by atoms with Crippen LogP contribution < -0.4 is 10.5 Å². The predicted octanol–water partition coefficient (Wildman–Crippen LogP) is -2.07. The van der Waals surface area contributed by atoms with Crippen LogP contribution in [0.3, 0.4) is 0 Å². The molecule has 1 atom stereocenters. The van der Waals surface area contributed by atoms with E-state index >= 15 is 0 Å². The molecule has 0 bridgehead atoms. The van der Waals surface area contributed by atoms with E-state index < -0.39 is 27.3 Å². The van der Waals surface area contributed by atoms with Gasteiger partial charge in [0.2, 0.25) is 15.9 Å². The molecule has 4 N–H and O–H groups in total. The zero-order chi connectivity index (χ0) is 12.2. The SMILES string of the molecule is NC(=O)C(O)CNS(=O)(=O)C1CCOCC1. The molecule has 0 aromatic heterocycles. The molecule has 0 radical (unpaired) electrons. The summed E-state index contributed by atoms with van der Waals surface area (Å²) in [5.74, 6) is -0.949. The second-order valence-corrected chi connectivity index (χ2v) is 5.67. The molecule has 16 heavy (non-hydrogen) atoms. The average Bonchev–Trinajstić information content (AvgIpc) is 2.27. The minimum atomic E-state index is -3.51. The normalized spacial score (nSPS) is 20.6. The molecule has 0 aromatic rings. The van der Waals surface area contributed by atoms with E-state index in [-0.39, 0.29) is 6.54 Å². The van der Waals surface area contributed by atoms with Crippen LogP contribution >= 0.6 is 0 Å². The third kappa shape index (κ3) is 3.71. The number of ether oxygens (including phenoxy) is 1. The molecule has 0 saturated carbocycles. The van der Waals surface area contributed by atoms with Crippen molar-refractivity contribution < 1.29 is 23.1 Å². The Bertz CT molecular complexity index is 336. The maximum atomic E-state index is 11.7. The first kappa shape index (κ1) is 13.4. The largest absolute Gasteiger partial charge is 0.382 e. The standard InChI is InChI=1S/C8H16N2O5S/c9-8(12)7(11)5-10-16(13,14)6-1-3-15-4-2-6/h6-7,10-11H,1-5H2,(H2,9,12). The Morgan fingerprint density at radius 3 is 2.56 bits per heavy atom. The zero-order valence-electron chi connectivity index (χ0n) is 8.76. The highest BCUT2D eigenvalue weighted by Crippen LogP contribution is 2.14. The maximum Gasteiger partial charge on any atom is 0.247 e. The van der Waals surface area contributed by atoms with Crippen LogP contribution in [-0.4, -0.2) is 50.5 Å². The van der Waals surface area contributed by atoms with E-state index in [0.29, 0.717) is 26.1 Å². The number of carbonyl (C=O) groups is 1. The second kappa shape index (κ2) is 5.58. The fourth-order valence-corrected chi connectivity index (χ4v) is 2.84. The lowest BCUT2D eigenvalue weighted by Crippen LogP contribution is -2.44. The first-order chi connectivity index (χ1) is 7.43. The molecule has 8 heteroatoms. The van der Waals surface area contributed by atoms with Crippen LogP contribution in [0, 0.1) is 0 Å². The molecule has 0 aromatic carbocycles. The summed E-state index contributed by atoms with van der Waals surface area (Å²) in [5, 5.41) is 8.54. The van der Waals surface area contributed by atoms with Crippen molar-refractivity contribution in [1.29, 1.82) is 0 Å². The van der Waals surface area contributed by atoms with Gasteiger partial charge in [-0.3, -0.25) is 4.79 Å². The van der Waals surface area contributed by atoms with Crippen molar-refractivity contribution in [3.63, 3.8) is 0 Å². The van der Waals surface area contributed by atoms with Gasteiger partial charge in [-0.05, 0) is 12.8 Å². The predicted molar refractivity (Wildman–Crippen MR) is 56.0 cm³/mol. The number of sulfonamides is 1. The summed E-state index contributed by atoms with van der Waals surface area (Å²) in [6.07, 6.45) is -0.654. The molecule has 0 aliphatic carbocycles. The van der Waals surface area contributed by atoms with E-state index in [9.17, 15) is 13.2 Å². The van der Waals surface area contributed by atoms with E-state index in [2.05, 4.69) is 4.72 Å². The van der Waals surface area contributed by atoms with Crippen LogP contribution in [0.2, 0.25) is 0 Å². The summed E-state index contributed by atoms with van der Waals surface area (Å²) in [6.45, 7) is 0.433. The van der Waals surface area contributed by atoms with Crippen molar-refractivity contribution in [2.75, 3.05) is 19.8 Å². The summed E-state index contributed by atoms with van der Waals surface area (Å²) in [4.78, 5) is 10.5. The summed E-state index contributed by atoms with van der Waals surface area (Å²) in [6, 6.07) is 0. The Morgan fingerprint density at radius 2 is 2.06 bits per heavy atom. The molecule has 1 saturated heterocycles. The van der Waals surface area contributed by atoms with E-state index in [1.54, 1.807) is 0 Å². The van der Waals surface area contributed by atoms with Crippen molar-refractivity contribution in [3.8, 4) is 0 Å². The van der Waals surface area contributed by atoms with Crippen molar-refractivity contribution >= 4 is 15.9 Å². The fourth-order valence-electron chi connectivity index (χ4n) is 1.40. The molecule has 1 heterocycles. The lowest BCUT2D eigenvalue weighted by molar-refractivity contribution is -0.125. The van der Waals surface area contributed by atoms with Gasteiger partial charge in [-0.1, -0.05) is 0 Å². The number of rotatable bonds is 5. The van der Waals surface area contributed by atoms with Crippen molar-refractivity contribution in [2.45, 2.75) is 24.2 Å². The number of hydrogen-bond donors (Lipinski definition) is 3. The van der Waals surface area contributed by atoms with Gasteiger partial charge in [-0.15, -0.1) is 0 Å². The minimum Gasteiger partial charge on any atom is -0.382 e. The van der Waals surface area contributed by atoms with Crippen molar-refractivity contribution in [1.82, 2.24) is 4.72 Å². The van der Waals surface area contributed by atoms with Gasteiger partial charge in [0.1, 0.15) is 6.10 Å². The highest BCUT2D eigenvalue weighted by molar-refractivity contribution is 7.90. The number of aliphatic hydroxyl groups is 1. The number of primary amides is 1. The van der Waals surface area contributed by atoms with E-state index in [1.165, 1.54) is 0 Å². The minimum absolute atomic E-state index is 0.380. The Labute approximate surface area is 94.0 Å². The molecule has 1 aliphatic heterocycles. The molecule has 1 fully saturated rings. The number of carbonyl (C=O) groups excluding carboxylic acids is 1. The third-order valence-corrected chi connectivity index (χ3v) is 4.33. The van der Waals surface area contributed by atoms with Gasteiger partial charge < -0.3 is 15.6 Å². The van der Waals surface area contributed by atoms with Gasteiger partial charge in [0.05, 0.1) is 5.25 Å². The Balaban J connectivity index is 2.47. The smallest absolute Gasteiger partial charge is 0.247 e. The van der Waals surface area contributed by atoms with E-state index in [4.69, 9.17) is 15.6 Å². The highest BCUT2D eigenvalue weighted by atomic mass is 32.2. The third-order valence-electron chi connectivity index (χ3n) is 2.41. The quantitative estimate of drug-likeness (QED) is 0.519. The Kier molecular flexibility index (Phi) is 4.66. The number of nitrogens with two attached hydrogens (primary N) is 1. The lowest BCUT2D eigenvalue weighted by Gasteiger charge is -2.22. The number of amides is 1. The highest BCUT2D eigenvalue weighted by Gasteiger charge is 2.28. The van der Waals surface area contributed by atoms with Gasteiger partial charge >= 0.3 is 0 Å². The zero-order valence-corrected chi connectivity index (χ0v) is 9.57. The van der Waals surface area contributed by atoms with Crippen LogP contribution in [-0.2, 0) is 19.6 Å². The van der Waals surface area contributed by atoms with Gasteiger partial charge in [-0.2, -0.15) is 0 Å². The lowest BCUT2D eigenvalue weighted by atomic mass is 10.2. The van der Waals surface area contributed by atoms with Crippen molar-refractivity contribution in [3.05, 3.63) is 0 Å². The fraction of sp³-hybridized carbons (Fsp3) is 0.875. The van der Waals surface area contributed by atoms with Crippen LogP contribution in [0.15, 0.2) is 0 Å². The maximum absolute atomic E-state index is 11.7. The van der Waals surface area contributed by atoms with Crippen LogP contribution in [0.4, 0.5) is 0 Å². The first-order valence-electron chi connectivity index (χ1n) is 4.97.